The van der Waals surface area contributed by atoms with Gasteiger partial charge in [0.25, 0.3) is 0 Å². The van der Waals surface area contributed by atoms with Crippen LogP contribution in [0, 0.1) is 12.3 Å². The fraction of sp³-hybridized carbons (Fsp3) is 0.400. The van der Waals surface area contributed by atoms with E-state index in [-0.39, 0.29) is 0 Å². The summed E-state index contributed by atoms with van der Waals surface area (Å²) >= 11 is 1.70. The van der Waals surface area contributed by atoms with Crippen LogP contribution in [0.5, 0.6) is 5.75 Å². The van der Waals surface area contributed by atoms with Crippen LogP contribution in [-0.2, 0) is 0 Å². The first kappa shape index (κ1) is 14.8. The second kappa shape index (κ2) is 7.22. The molecule has 0 saturated carbocycles. The predicted molar refractivity (Wildman–Crippen MR) is 84.3 cm³/mol. The van der Waals surface area contributed by atoms with Crippen molar-refractivity contribution in [2.45, 2.75) is 24.3 Å². The molecule has 0 radical (unpaired) electrons. The molecule has 0 amide bonds. The molecular weight excluding hydrogens is 270 g/mol. The van der Waals surface area contributed by atoms with Gasteiger partial charge in [0.05, 0.1) is 24.2 Å². The van der Waals surface area contributed by atoms with Gasteiger partial charge in [0.2, 0.25) is 0 Å². The molecule has 0 spiro atoms. The summed E-state index contributed by atoms with van der Waals surface area (Å²) < 4.78 is 5.49. The first-order chi connectivity index (χ1) is 9.72. The lowest BCUT2D eigenvalue weighted by molar-refractivity contribution is 0.340. The number of benzene rings is 1. The van der Waals surface area contributed by atoms with Crippen LogP contribution in [0.2, 0.25) is 0 Å². The average Bonchev–Trinajstić information content (AvgIpc) is 2.80. The van der Waals surface area contributed by atoms with Gasteiger partial charge in [0, 0.05) is 17.9 Å². The van der Waals surface area contributed by atoms with E-state index < -0.39 is 0 Å². The van der Waals surface area contributed by atoms with Gasteiger partial charge in [-0.1, -0.05) is 24.6 Å². The minimum Gasteiger partial charge on any atom is -0.494 e. The van der Waals surface area contributed by atoms with Crippen molar-refractivity contribution >= 4 is 22.8 Å². The van der Waals surface area contributed by atoms with Crippen molar-refractivity contribution in [2.24, 2.45) is 0 Å². The summed E-state index contributed by atoms with van der Waals surface area (Å²) in [5, 5.41) is 4.51. The van der Waals surface area contributed by atoms with Gasteiger partial charge < -0.3 is 15.0 Å². The van der Waals surface area contributed by atoms with Crippen LogP contribution in [0.25, 0.3) is 11.0 Å². The number of hydrogen-bond acceptors (Lipinski definition) is 4. The van der Waals surface area contributed by atoms with Crippen molar-refractivity contribution in [3.8, 4) is 18.1 Å². The number of terminal acetylenes is 1. The Morgan fingerprint density at radius 3 is 3.15 bits per heavy atom. The van der Waals surface area contributed by atoms with E-state index in [1.807, 2.05) is 25.1 Å². The second-order valence-electron chi connectivity index (χ2n) is 4.42. The molecule has 1 unspecified atom stereocenters. The van der Waals surface area contributed by atoms with Crippen LogP contribution in [0.15, 0.2) is 23.4 Å². The van der Waals surface area contributed by atoms with E-state index in [0.717, 1.165) is 28.5 Å². The number of ether oxygens (including phenoxy) is 1. The van der Waals surface area contributed by atoms with Gasteiger partial charge in [-0.25, -0.2) is 4.98 Å². The number of nitrogens with one attached hydrogen (secondary N) is 2. The molecule has 2 aromatic rings. The smallest absolute Gasteiger partial charge is 0.166 e. The Hall–Kier alpha value is -1.64. The quantitative estimate of drug-likeness (QED) is 0.467. The Kier molecular flexibility index (Phi) is 5.33. The summed E-state index contributed by atoms with van der Waals surface area (Å²) in [4.78, 5) is 7.89. The molecule has 2 rings (SSSR count). The number of aromatic nitrogens is 2. The standard InChI is InChI=1S/C15H19N3OS/c1-4-8-16-10-11(3)20-15-17-13-7-6-12(19-5-2)9-14(13)18-15/h1,6-7,9,11,16H,5,8,10H2,2-3H3,(H,17,18). The van der Waals surface area contributed by atoms with E-state index >= 15 is 0 Å². The third kappa shape index (κ3) is 3.92. The van der Waals surface area contributed by atoms with E-state index in [1.54, 1.807) is 11.8 Å². The molecule has 5 heteroatoms. The SMILES string of the molecule is C#CCNCC(C)Sc1nc2ccc(OCC)cc2[nH]1. The van der Waals surface area contributed by atoms with E-state index in [0.29, 0.717) is 18.4 Å². The van der Waals surface area contributed by atoms with Crippen molar-refractivity contribution in [3.05, 3.63) is 18.2 Å². The van der Waals surface area contributed by atoms with Gasteiger partial charge in [0.1, 0.15) is 5.75 Å². The molecule has 1 aromatic heterocycles. The van der Waals surface area contributed by atoms with Crippen molar-refractivity contribution in [1.29, 1.82) is 0 Å². The Morgan fingerprint density at radius 1 is 1.55 bits per heavy atom. The lowest BCUT2D eigenvalue weighted by atomic mass is 10.3. The first-order valence-electron chi connectivity index (χ1n) is 6.66. The lowest BCUT2D eigenvalue weighted by Crippen LogP contribution is -2.22. The summed E-state index contributed by atoms with van der Waals surface area (Å²) in [7, 11) is 0. The minimum atomic E-state index is 0.398. The van der Waals surface area contributed by atoms with E-state index in [2.05, 4.69) is 28.1 Å². The molecule has 1 aromatic carbocycles. The van der Waals surface area contributed by atoms with Crippen LogP contribution >= 0.6 is 11.8 Å². The molecule has 0 bridgehead atoms. The molecular formula is C15H19N3OS. The maximum absolute atomic E-state index is 5.49. The van der Waals surface area contributed by atoms with Crippen LogP contribution < -0.4 is 10.1 Å². The highest BCUT2D eigenvalue weighted by Gasteiger charge is 2.09. The zero-order valence-electron chi connectivity index (χ0n) is 11.8. The third-order valence-electron chi connectivity index (χ3n) is 2.71. The number of fused-ring (bicyclic) bond motifs is 1. The van der Waals surface area contributed by atoms with E-state index in [1.165, 1.54) is 0 Å². The van der Waals surface area contributed by atoms with Gasteiger partial charge in [-0.05, 0) is 19.1 Å². The van der Waals surface area contributed by atoms with E-state index in [4.69, 9.17) is 11.2 Å². The second-order valence-corrected chi connectivity index (χ2v) is 5.84. The van der Waals surface area contributed by atoms with Gasteiger partial charge in [-0.15, -0.1) is 6.42 Å². The van der Waals surface area contributed by atoms with Gasteiger partial charge in [0.15, 0.2) is 5.16 Å². The molecule has 0 aliphatic heterocycles. The predicted octanol–water partition coefficient (Wildman–Crippen LogP) is 2.67. The molecule has 0 saturated heterocycles. The Bertz CT molecular complexity index is 603. The molecule has 0 fully saturated rings. The topological polar surface area (TPSA) is 49.9 Å². The number of thioether (sulfide) groups is 1. The Labute approximate surface area is 123 Å². The van der Waals surface area contributed by atoms with Gasteiger partial charge >= 0.3 is 0 Å². The molecule has 2 N–H and O–H groups in total. The van der Waals surface area contributed by atoms with Crippen LogP contribution in [-0.4, -0.2) is 34.9 Å². The average molecular weight is 289 g/mol. The summed E-state index contributed by atoms with van der Waals surface area (Å²) in [6, 6.07) is 5.90. The van der Waals surface area contributed by atoms with Crippen LogP contribution in [0.4, 0.5) is 0 Å². The number of rotatable bonds is 7. The molecule has 106 valence electrons. The highest BCUT2D eigenvalue weighted by molar-refractivity contribution is 7.99. The maximum atomic E-state index is 5.49. The van der Waals surface area contributed by atoms with Gasteiger partial charge in [-0.2, -0.15) is 0 Å². The minimum absolute atomic E-state index is 0.398. The van der Waals surface area contributed by atoms with Crippen LogP contribution in [0.3, 0.4) is 0 Å². The zero-order valence-corrected chi connectivity index (χ0v) is 12.6. The highest BCUT2D eigenvalue weighted by Crippen LogP contribution is 2.25. The largest absolute Gasteiger partial charge is 0.494 e. The van der Waals surface area contributed by atoms with Crippen molar-refractivity contribution in [1.82, 2.24) is 15.3 Å². The fourth-order valence-corrected chi connectivity index (χ4v) is 2.76. The van der Waals surface area contributed by atoms with E-state index in [9.17, 15) is 0 Å². The highest BCUT2D eigenvalue weighted by atomic mass is 32.2. The molecule has 1 heterocycles. The van der Waals surface area contributed by atoms with Gasteiger partial charge in [-0.3, -0.25) is 0 Å². The fourth-order valence-electron chi connectivity index (χ4n) is 1.86. The Morgan fingerprint density at radius 2 is 2.40 bits per heavy atom. The maximum Gasteiger partial charge on any atom is 0.166 e. The van der Waals surface area contributed by atoms with Crippen LogP contribution in [0.1, 0.15) is 13.8 Å². The number of hydrogen-bond donors (Lipinski definition) is 2. The lowest BCUT2D eigenvalue weighted by Gasteiger charge is -2.08. The molecule has 0 aliphatic carbocycles. The summed E-state index contributed by atoms with van der Waals surface area (Å²) in [6.07, 6.45) is 5.21. The van der Waals surface area contributed by atoms with Crippen molar-refractivity contribution in [2.75, 3.05) is 19.7 Å². The number of H-pyrrole nitrogens is 1. The molecule has 0 aliphatic rings. The number of aromatic amines is 1. The van der Waals surface area contributed by atoms with Crippen molar-refractivity contribution in [3.63, 3.8) is 0 Å². The summed E-state index contributed by atoms with van der Waals surface area (Å²) in [6.45, 7) is 6.24. The number of nitrogens with zero attached hydrogens (tertiary/aromatic N) is 1. The monoisotopic (exact) mass is 289 g/mol. The summed E-state index contributed by atoms with van der Waals surface area (Å²) in [5.74, 6) is 3.43. The third-order valence-corrected chi connectivity index (χ3v) is 3.70. The molecule has 1 atom stereocenters. The number of imidazole rings is 1. The zero-order chi connectivity index (χ0) is 14.4. The first-order valence-corrected chi connectivity index (χ1v) is 7.54. The normalized spacial score (nSPS) is 12.2. The summed E-state index contributed by atoms with van der Waals surface area (Å²) in [5.41, 5.74) is 1.96. The Balaban J connectivity index is 2.02. The molecule has 4 nitrogen and oxygen atoms in total. The van der Waals surface area contributed by atoms with Crippen molar-refractivity contribution < 1.29 is 4.74 Å². The molecule has 20 heavy (non-hydrogen) atoms.